The number of rotatable bonds is 12. The number of nitrogens with zero attached hydrogens (tertiary/aromatic N) is 1. The molecule has 0 fully saturated rings. The van der Waals surface area contributed by atoms with Crippen LogP contribution in [0.4, 0.5) is 0 Å². The third-order valence-corrected chi connectivity index (χ3v) is 6.02. The predicted molar refractivity (Wildman–Crippen MR) is 136 cm³/mol. The van der Waals surface area contributed by atoms with Crippen molar-refractivity contribution in [3.8, 4) is 5.75 Å². The van der Waals surface area contributed by atoms with Gasteiger partial charge in [0.15, 0.2) is 0 Å². The molecule has 1 heterocycles. The molecule has 0 radical (unpaired) electrons. The first kappa shape index (κ1) is 25.3. The molecule has 2 aromatic carbocycles. The number of hydrogen-bond acceptors (Lipinski definition) is 4. The third-order valence-electron chi connectivity index (χ3n) is 6.02. The minimum absolute atomic E-state index is 0.125. The maximum Gasteiger partial charge on any atom is 0.337 e. The first-order valence-corrected chi connectivity index (χ1v) is 12.1. The van der Waals surface area contributed by atoms with Crippen molar-refractivity contribution in [3.05, 3.63) is 64.8 Å². The quantitative estimate of drug-likeness (QED) is 0.370. The smallest absolute Gasteiger partial charge is 0.337 e. The number of amides is 1. The number of methoxy groups -OCH3 is 2. The summed E-state index contributed by atoms with van der Waals surface area (Å²) >= 11 is 0. The second kappa shape index (κ2) is 12.3. The Balaban J connectivity index is 1.85. The molecule has 3 rings (SSSR count). The van der Waals surface area contributed by atoms with Crippen molar-refractivity contribution in [1.82, 2.24) is 9.88 Å². The van der Waals surface area contributed by atoms with E-state index in [0.29, 0.717) is 24.2 Å². The Hall–Kier alpha value is -3.28. The molecular weight excluding hydrogens is 428 g/mol. The van der Waals surface area contributed by atoms with Gasteiger partial charge in [0.1, 0.15) is 5.75 Å². The summed E-state index contributed by atoms with van der Waals surface area (Å²) in [5.41, 5.74) is 5.16. The number of esters is 1. The fraction of sp³-hybridized carbons (Fsp3) is 0.429. The van der Waals surface area contributed by atoms with Gasteiger partial charge in [0.25, 0.3) is 0 Å². The zero-order valence-corrected chi connectivity index (χ0v) is 20.8. The van der Waals surface area contributed by atoms with Crippen LogP contribution >= 0.6 is 0 Å². The molecular formula is C28H36N2O4. The van der Waals surface area contributed by atoms with Gasteiger partial charge in [0.05, 0.1) is 19.8 Å². The highest BCUT2D eigenvalue weighted by atomic mass is 16.5. The molecule has 182 valence electrons. The van der Waals surface area contributed by atoms with Crippen LogP contribution in [0.15, 0.2) is 42.6 Å². The van der Waals surface area contributed by atoms with Crippen LogP contribution in [0.5, 0.6) is 5.75 Å². The highest BCUT2D eigenvalue weighted by Gasteiger charge is 2.15. The molecule has 1 N–H and O–H groups in total. The maximum absolute atomic E-state index is 11.9. The van der Waals surface area contributed by atoms with E-state index in [1.165, 1.54) is 29.1 Å². The van der Waals surface area contributed by atoms with Crippen LogP contribution in [-0.4, -0.2) is 37.2 Å². The molecule has 0 aliphatic rings. The summed E-state index contributed by atoms with van der Waals surface area (Å²) in [6.07, 6.45) is 7.17. The Morgan fingerprint density at radius 3 is 2.53 bits per heavy atom. The summed E-state index contributed by atoms with van der Waals surface area (Å²) in [5.74, 6) is 0.422. The van der Waals surface area contributed by atoms with Gasteiger partial charge in [-0.1, -0.05) is 26.0 Å². The standard InChI is InChI=1S/C28H36N2O4/c1-5-14-29-27(31)9-7-8-20-10-13-25-24(16-20)23(19-30(25)15-6-2)17-21-11-12-22(28(32)34-4)18-26(21)33-3/h10-13,16,18-19H,5-9,14-15,17H2,1-4H3,(H,29,31). The van der Waals surface area contributed by atoms with Crippen LogP contribution in [-0.2, 0) is 28.9 Å². The number of benzene rings is 2. The fourth-order valence-electron chi connectivity index (χ4n) is 4.29. The van der Waals surface area contributed by atoms with E-state index in [1.54, 1.807) is 19.2 Å². The van der Waals surface area contributed by atoms with Crippen LogP contribution in [0.1, 0.15) is 66.6 Å². The Morgan fingerprint density at radius 2 is 1.82 bits per heavy atom. The van der Waals surface area contributed by atoms with E-state index in [9.17, 15) is 9.59 Å². The Kier molecular flexibility index (Phi) is 9.14. The monoisotopic (exact) mass is 464 g/mol. The van der Waals surface area contributed by atoms with Gasteiger partial charge in [0.2, 0.25) is 5.91 Å². The van der Waals surface area contributed by atoms with Gasteiger partial charge in [-0.25, -0.2) is 4.79 Å². The number of carbonyl (C=O) groups excluding carboxylic acids is 2. The minimum atomic E-state index is -0.377. The molecule has 3 aromatic rings. The van der Waals surface area contributed by atoms with Gasteiger partial charge >= 0.3 is 5.97 Å². The number of ether oxygens (including phenoxy) is 2. The highest BCUT2D eigenvalue weighted by molar-refractivity contribution is 5.90. The summed E-state index contributed by atoms with van der Waals surface area (Å²) in [7, 11) is 3.00. The van der Waals surface area contributed by atoms with Gasteiger partial charge < -0.3 is 19.4 Å². The molecule has 0 saturated heterocycles. The molecule has 0 aliphatic carbocycles. The van der Waals surface area contributed by atoms with Crippen molar-refractivity contribution in [2.45, 2.75) is 58.9 Å². The molecule has 0 spiro atoms. The van der Waals surface area contributed by atoms with Crippen LogP contribution in [0.25, 0.3) is 10.9 Å². The number of aromatic nitrogens is 1. The molecule has 0 unspecified atom stereocenters. The van der Waals surface area contributed by atoms with E-state index < -0.39 is 0 Å². The zero-order valence-electron chi connectivity index (χ0n) is 20.8. The summed E-state index contributed by atoms with van der Waals surface area (Å²) in [6.45, 7) is 5.92. The Morgan fingerprint density at radius 1 is 1.00 bits per heavy atom. The molecule has 34 heavy (non-hydrogen) atoms. The van der Waals surface area contributed by atoms with Gasteiger partial charge in [-0.3, -0.25) is 4.79 Å². The summed E-state index contributed by atoms with van der Waals surface area (Å²) in [4.78, 5) is 23.8. The molecule has 0 bridgehead atoms. The number of hydrogen-bond donors (Lipinski definition) is 1. The summed E-state index contributed by atoms with van der Waals surface area (Å²) in [5, 5.41) is 4.17. The molecule has 1 amide bonds. The number of fused-ring (bicyclic) bond motifs is 1. The Labute approximate surface area is 202 Å². The SMILES string of the molecule is CCCNC(=O)CCCc1ccc2c(c1)c(Cc1ccc(C(=O)OC)cc1OC)cn2CCC. The van der Waals surface area contributed by atoms with Gasteiger partial charge in [-0.15, -0.1) is 0 Å². The van der Waals surface area contributed by atoms with Crippen molar-refractivity contribution in [1.29, 1.82) is 0 Å². The molecule has 1 aromatic heterocycles. The Bertz CT molecular complexity index is 1130. The van der Waals surface area contributed by atoms with Crippen molar-refractivity contribution in [2.75, 3.05) is 20.8 Å². The molecule has 6 nitrogen and oxygen atoms in total. The van der Waals surface area contributed by atoms with Crippen LogP contribution < -0.4 is 10.1 Å². The third kappa shape index (κ3) is 6.19. The highest BCUT2D eigenvalue weighted by Crippen LogP contribution is 2.30. The first-order valence-electron chi connectivity index (χ1n) is 12.1. The van der Waals surface area contributed by atoms with Gasteiger partial charge in [0, 0.05) is 43.0 Å². The minimum Gasteiger partial charge on any atom is -0.496 e. The van der Waals surface area contributed by atoms with E-state index in [-0.39, 0.29) is 11.9 Å². The normalized spacial score (nSPS) is 10.9. The van der Waals surface area contributed by atoms with Crippen molar-refractivity contribution in [2.24, 2.45) is 0 Å². The van der Waals surface area contributed by atoms with E-state index in [0.717, 1.165) is 44.3 Å². The van der Waals surface area contributed by atoms with E-state index in [1.807, 2.05) is 6.07 Å². The molecule has 0 aliphatic heterocycles. The lowest BCUT2D eigenvalue weighted by Crippen LogP contribution is -2.23. The lowest BCUT2D eigenvalue weighted by atomic mass is 9.99. The van der Waals surface area contributed by atoms with Crippen LogP contribution in [0, 0.1) is 0 Å². The molecule has 0 atom stereocenters. The van der Waals surface area contributed by atoms with Crippen molar-refractivity contribution < 1.29 is 19.1 Å². The maximum atomic E-state index is 11.9. The largest absolute Gasteiger partial charge is 0.496 e. The van der Waals surface area contributed by atoms with Crippen molar-refractivity contribution >= 4 is 22.8 Å². The number of nitrogens with one attached hydrogen (secondary N) is 1. The summed E-state index contributed by atoms with van der Waals surface area (Å²) < 4.78 is 12.7. The number of carbonyl (C=O) groups is 2. The average Bonchev–Trinajstić information content (AvgIpc) is 3.19. The van der Waals surface area contributed by atoms with Crippen LogP contribution in [0.2, 0.25) is 0 Å². The summed E-state index contributed by atoms with van der Waals surface area (Å²) in [6, 6.07) is 12.1. The van der Waals surface area contributed by atoms with Crippen LogP contribution in [0.3, 0.4) is 0 Å². The number of aryl methyl sites for hydroxylation is 2. The second-order valence-corrected chi connectivity index (χ2v) is 8.60. The second-order valence-electron chi connectivity index (χ2n) is 8.60. The topological polar surface area (TPSA) is 69.6 Å². The van der Waals surface area contributed by atoms with Gasteiger partial charge in [-0.2, -0.15) is 0 Å². The predicted octanol–water partition coefficient (Wildman–Crippen LogP) is 5.29. The first-order chi connectivity index (χ1) is 16.5. The fourth-order valence-corrected chi connectivity index (χ4v) is 4.29. The van der Waals surface area contributed by atoms with E-state index in [2.05, 4.69) is 48.1 Å². The zero-order chi connectivity index (χ0) is 24.5. The van der Waals surface area contributed by atoms with Gasteiger partial charge in [-0.05, 0) is 66.6 Å². The molecule has 0 saturated carbocycles. The van der Waals surface area contributed by atoms with Crippen molar-refractivity contribution in [3.63, 3.8) is 0 Å². The lowest BCUT2D eigenvalue weighted by molar-refractivity contribution is -0.121. The molecule has 6 heteroatoms. The lowest BCUT2D eigenvalue weighted by Gasteiger charge is -2.10. The van der Waals surface area contributed by atoms with E-state index in [4.69, 9.17) is 9.47 Å². The average molecular weight is 465 g/mol. The van der Waals surface area contributed by atoms with E-state index >= 15 is 0 Å².